The summed E-state index contributed by atoms with van der Waals surface area (Å²) in [5.41, 5.74) is 1.40. The van der Waals surface area contributed by atoms with Crippen molar-refractivity contribution in [3.63, 3.8) is 0 Å². The van der Waals surface area contributed by atoms with Crippen molar-refractivity contribution < 1.29 is 8.42 Å². The van der Waals surface area contributed by atoms with Crippen LogP contribution in [-0.4, -0.2) is 8.42 Å². The van der Waals surface area contributed by atoms with Crippen LogP contribution in [0.5, 0.6) is 0 Å². The molecule has 1 aliphatic carbocycles. The van der Waals surface area contributed by atoms with Crippen molar-refractivity contribution in [2.24, 2.45) is 0 Å². The molecule has 0 amide bonds. The van der Waals surface area contributed by atoms with E-state index in [0.29, 0.717) is 6.54 Å². The molecule has 82 valence electrons. The van der Waals surface area contributed by atoms with Crippen LogP contribution in [0.4, 0.5) is 0 Å². The Bertz CT molecular complexity index is 452. The summed E-state index contributed by atoms with van der Waals surface area (Å²) in [6, 6.07) is 2.11. The van der Waals surface area contributed by atoms with Crippen LogP contribution in [0.25, 0.3) is 0 Å². The highest BCUT2D eigenvalue weighted by molar-refractivity contribution is 7.92. The summed E-state index contributed by atoms with van der Waals surface area (Å²) in [5, 5.41) is 0.939. The van der Waals surface area contributed by atoms with Gasteiger partial charge < -0.3 is 0 Å². The lowest BCUT2D eigenvalue weighted by Gasteiger charge is -1.99. The molecule has 1 aromatic rings. The van der Waals surface area contributed by atoms with E-state index in [1.807, 2.05) is 0 Å². The van der Waals surface area contributed by atoms with Crippen LogP contribution in [0.2, 0.25) is 0 Å². The molecule has 1 aromatic heterocycles. The van der Waals surface area contributed by atoms with Crippen molar-refractivity contribution >= 4 is 21.4 Å². The summed E-state index contributed by atoms with van der Waals surface area (Å²) in [6.07, 6.45) is 3.52. The fraction of sp³-hybridized carbons (Fsp3) is 0.400. The maximum Gasteiger partial charge on any atom is 0.233 e. The Labute approximate surface area is 93.9 Å². The zero-order valence-corrected chi connectivity index (χ0v) is 9.96. The first-order valence-corrected chi connectivity index (χ1v) is 7.19. The molecule has 0 bridgehead atoms. The molecule has 0 aromatic carbocycles. The molecule has 0 saturated heterocycles. The lowest BCUT2D eigenvalue weighted by molar-refractivity contribution is 0.591. The minimum atomic E-state index is -3.29. The summed E-state index contributed by atoms with van der Waals surface area (Å²) in [6.45, 7) is 3.63. The van der Waals surface area contributed by atoms with Crippen LogP contribution in [0.15, 0.2) is 18.1 Å². The molecule has 0 unspecified atom stereocenters. The van der Waals surface area contributed by atoms with Crippen molar-refractivity contribution in [2.75, 3.05) is 0 Å². The Balaban J connectivity index is 2.03. The van der Waals surface area contributed by atoms with Crippen molar-refractivity contribution in [1.82, 2.24) is 4.72 Å². The topological polar surface area (TPSA) is 46.2 Å². The van der Waals surface area contributed by atoms with E-state index in [2.05, 4.69) is 17.4 Å². The van der Waals surface area contributed by atoms with E-state index in [0.717, 1.165) is 23.1 Å². The lowest BCUT2D eigenvalue weighted by Crippen LogP contribution is -2.19. The lowest BCUT2D eigenvalue weighted by atomic mass is 10.2. The SMILES string of the molecule is C=CS(=O)(=O)NCc1cc2c(s1)CCC2. The fourth-order valence-electron chi connectivity index (χ4n) is 1.71. The Morgan fingerprint density at radius 3 is 3.00 bits per heavy atom. The van der Waals surface area contributed by atoms with Gasteiger partial charge in [0.2, 0.25) is 10.0 Å². The highest BCUT2D eigenvalue weighted by atomic mass is 32.2. The minimum Gasteiger partial charge on any atom is -0.208 e. The van der Waals surface area contributed by atoms with Crippen LogP contribution in [0, 0.1) is 0 Å². The molecule has 0 saturated carbocycles. The maximum atomic E-state index is 11.1. The summed E-state index contributed by atoms with van der Waals surface area (Å²) >= 11 is 1.71. The zero-order valence-electron chi connectivity index (χ0n) is 8.32. The van der Waals surface area contributed by atoms with Crippen LogP contribution in [0.1, 0.15) is 21.7 Å². The zero-order chi connectivity index (χ0) is 10.9. The third-order valence-corrected chi connectivity index (χ3v) is 4.69. The van der Waals surface area contributed by atoms with Gasteiger partial charge in [-0.25, -0.2) is 13.1 Å². The number of aryl methyl sites for hydroxylation is 2. The second-order valence-electron chi connectivity index (χ2n) is 3.55. The first kappa shape index (κ1) is 10.9. The summed E-state index contributed by atoms with van der Waals surface area (Å²) in [4.78, 5) is 2.51. The molecule has 0 spiro atoms. The van der Waals surface area contributed by atoms with E-state index in [-0.39, 0.29) is 0 Å². The summed E-state index contributed by atoms with van der Waals surface area (Å²) in [5.74, 6) is 0. The van der Waals surface area contributed by atoms with Gasteiger partial charge in [0, 0.05) is 21.7 Å². The molecular formula is C10H13NO2S2. The third-order valence-electron chi connectivity index (χ3n) is 2.46. The van der Waals surface area contributed by atoms with Gasteiger partial charge in [0.1, 0.15) is 0 Å². The number of rotatable bonds is 4. The van der Waals surface area contributed by atoms with Gasteiger partial charge in [-0.1, -0.05) is 6.58 Å². The Kier molecular flexibility index (Phi) is 2.95. The summed E-state index contributed by atoms with van der Waals surface area (Å²) in [7, 11) is -3.29. The van der Waals surface area contributed by atoms with Crippen molar-refractivity contribution in [1.29, 1.82) is 0 Å². The average Bonchev–Trinajstić information content (AvgIpc) is 2.74. The van der Waals surface area contributed by atoms with Gasteiger partial charge in [-0.05, 0) is 30.9 Å². The molecule has 0 radical (unpaired) electrons. The average molecular weight is 243 g/mol. The van der Waals surface area contributed by atoms with Crippen LogP contribution < -0.4 is 4.72 Å². The van der Waals surface area contributed by atoms with Crippen LogP contribution >= 0.6 is 11.3 Å². The number of sulfonamides is 1. The van der Waals surface area contributed by atoms with Gasteiger partial charge in [-0.15, -0.1) is 11.3 Å². The molecule has 0 atom stereocenters. The molecule has 2 rings (SSSR count). The standard InChI is InChI=1S/C10H13NO2S2/c1-2-15(12,13)11-7-9-6-8-4-3-5-10(8)14-9/h2,6,11H,1,3-5,7H2. The molecule has 15 heavy (non-hydrogen) atoms. The quantitative estimate of drug-likeness (QED) is 0.876. The molecule has 3 nitrogen and oxygen atoms in total. The second-order valence-corrected chi connectivity index (χ2v) is 6.48. The van der Waals surface area contributed by atoms with E-state index in [1.54, 1.807) is 11.3 Å². The van der Waals surface area contributed by atoms with E-state index in [9.17, 15) is 8.42 Å². The van der Waals surface area contributed by atoms with E-state index in [1.165, 1.54) is 16.9 Å². The Morgan fingerprint density at radius 1 is 1.53 bits per heavy atom. The number of nitrogens with one attached hydrogen (secondary N) is 1. The highest BCUT2D eigenvalue weighted by Gasteiger charge is 2.15. The van der Waals surface area contributed by atoms with Gasteiger partial charge >= 0.3 is 0 Å². The largest absolute Gasteiger partial charge is 0.233 e. The van der Waals surface area contributed by atoms with Crippen LogP contribution in [-0.2, 0) is 29.4 Å². The number of hydrogen-bond acceptors (Lipinski definition) is 3. The molecular weight excluding hydrogens is 230 g/mol. The first-order valence-electron chi connectivity index (χ1n) is 4.83. The smallest absolute Gasteiger partial charge is 0.208 e. The fourth-order valence-corrected chi connectivity index (χ4v) is 3.47. The predicted molar refractivity (Wildman–Crippen MR) is 62.3 cm³/mol. The molecule has 0 aliphatic heterocycles. The normalized spacial score (nSPS) is 15.2. The Hall–Kier alpha value is -0.650. The van der Waals surface area contributed by atoms with E-state index >= 15 is 0 Å². The summed E-state index contributed by atoms with van der Waals surface area (Å²) < 4.78 is 24.7. The van der Waals surface area contributed by atoms with Crippen molar-refractivity contribution in [3.8, 4) is 0 Å². The van der Waals surface area contributed by atoms with Crippen molar-refractivity contribution in [2.45, 2.75) is 25.8 Å². The van der Waals surface area contributed by atoms with Crippen molar-refractivity contribution in [3.05, 3.63) is 33.4 Å². The number of thiophene rings is 1. The Morgan fingerprint density at radius 2 is 2.33 bits per heavy atom. The van der Waals surface area contributed by atoms with Gasteiger partial charge in [-0.2, -0.15) is 0 Å². The molecule has 1 aliphatic rings. The number of hydrogen-bond donors (Lipinski definition) is 1. The van der Waals surface area contributed by atoms with E-state index < -0.39 is 10.0 Å². The highest BCUT2D eigenvalue weighted by Crippen LogP contribution is 2.30. The molecule has 1 heterocycles. The molecule has 0 fully saturated rings. The molecule has 1 N–H and O–H groups in total. The van der Waals surface area contributed by atoms with Gasteiger partial charge in [-0.3, -0.25) is 0 Å². The minimum absolute atomic E-state index is 0.381. The van der Waals surface area contributed by atoms with Gasteiger partial charge in [0.25, 0.3) is 0 Å². The number of fused-ring (bicyclic) bond motifs is 1. The van der Waals surface area contributed by atoms with Crippen LogP contribution in [0.3, 0.4) is 0 Å². The monoisotopic (exact) mass is 243 g/mol. The first-order chi connectivity index (χ1) is 7.11. The van der Waals surface area contributed by atoms with Gasteiger partial charge in [0.15, 0.2) is 0 Å². The van der Waals surface area contributed by atoms with Gasteiger partial charge in [0.05, 0.1) is 0 Å². The predicted octanol–water partition coefficient (Wildman–Crippen LogP) is 1.80. The second kappa shape index (κ2) is 4.08. The van der Waals surface area contributed by atoms with E-state index in [4.69, 9.17) is 0 Å². The maximum absolute atomic E-state index is 11.1. The molecule has 5 heteroatoms. The third kappa shape index (κ3) is 2.48.